The average Bonchev–Trinajstić information content (AvgIpc) is 2.63. The molecule has 1 saturated heterocycles. The first-order valence-electron chi connectivity index (χ1n) is 7.58. The Kier molecular flexibility index (Phi) is 4.94. The molecule has 0 bridgehead atoms. The van der Waals surface area contributed by atoms with E-state index in [0.717, 1.165) is 18.8 Å². The third-order valence-corrected chi connectivity index (χ3v) is 4.81. The van der Waals surface area contributed by atoms with Crippen molar-refractivity contribution in [3.63, 3.8) is 0 Å². The van der Waals surface area contributed by atoms with E-state index < -0.39 is 0 Å². The smallest absolute Gasteiger partial charge is 0.254 e. The summed E-state index contributed by atoms with van der Waals surface area (Å²) in [5.74, 6) is -0.0426. The van der Waals surface area contributed by atoms with Crippen LogP contribution < -0.4 is 4.90 Å². The average molecular weight is 360 g/mol. The lowest BCUT2D eigenvalue weighted by molar-refractivity contribution is 0.0747. The molecule has 122 valence electrons. The van der Waals surface area contributed by atoms with E-state index in [0.29, 0.717) is 34.3 Å². The number of carbonyl (C=O) groups is 1. The summed E-state index contributed by atoms with van der Waals surface area (Å²) in [6.07, 6.45) is 0. The van der Waals surface area contributed by atoms with E-state index in [1.165, 1.54) is 0 Å². The molecule has 2 aromatic carbocycles. The summed E-state index contributed by atoms with van der Waals surface area (Å²) in [4.78, 5) is 16.6. The van der Waals surface area contributed by atoms with E-state index in [2.05, 4.69) is 11.0 Å². The minimum atomic E-state index is -0.0426. The van der Waals surface area contributed by atoms with Crippen molar-refractivity contribution in [2.45, 2.75) is 0 Å². The summed E-state index contributed by atoms with van der Waals surface area (Å²) in [6, 6.07) is 14.6. The van der Waals surface area contributed by atoms with Gasteiger partial charge in [0.05, 0.1) is 21.7 Å². The fourth-order valence-electron chi connectivity index (χ4n) is 2.75. The predicted octanol–water partition coefficient (Wildman–Crippen LogP) is 3.83. The number of rotatable bonds is 2. The highest BCUT2D eigenvalue weighted by Gasteiger charge is 2.22. The van der Waals surface area contributed by atoms with Gasteiger partial charge in [-0.15, -0.1) is 0 Å². The molecule has 1 fully saturated rings. The van der Waals surface area contributed by atoms with Gasteiger partial charge < -0.3 is 9.80 Å². The Morgan fingerprint density at radius 2 is 1.75 bits per heavy atom. The highest BCUT2D eigenvalue weighted by Crippen LogP contribution is 2.24. The zero-order chi connectivity index (χ0) is 17.1. The SMILES string of the molecule is N#Cc1cccc(N2CCN(C(=O)c3ccc(Cl)c(Cl)c3)CC2)c1. The lowest BCUT2D eigenvalue weighted by Crippen LogP contribution is -2.48. The van der Waals surface area contributed by atoms with Crippen LogP contribution in [0.3, 0.4) is 0 Å². The molecule has 1 aliphatic heterocycles. The summed E-state index contributed by atoms with van der Waals surface area (Å²) < 4.78 is 0. The Morgan fingerprint density at radius 3 is 2.42 bits per heavy atom. The molecule has 3 rings (SSSR count). The number of piperazine rings is 1. The van der Waals surface area contributed by atoms with Gasteiger partial charge >= 0.3 is 0 Å². The summed E-state index contributed by atoms with van der Waals surface area (Å²) in [7, 11) is 0. The van der Waals surface area contributed by atoms with Crippen molar-refractivity contribution in [2.75, 3.05) is 31.1 Å². The number of carbonyl (C=O) groups excluding carboxylic acids is 1. The molecule has 24 heavy (non-hydrogen) atoms. The number of halogens is 2. The number of hydrogen-bond acceptors (Lipinski definition) is 3. The van der Waals surface area contributed by atoms with Gasteiger partial charge in [-0.25, -0.2) is 0 Å². The maximum absolute atomic E-state index is 12.6. The first-order valence-corrected chi connectivity index (χ1v) is 8.33. The number of anilines is 1. The Balaban J connectivity index is 1.67. The molecule has 1 heterocycles. The van der Waals surface area contributed by atoms with Crippen LogP contribution in [0, 0.1) is 11.3 Å². The standard InChI is InChI=1S/C18H15Cl2N3O/c19-16-5-4-14(11-17(16)20)18(24)23-8-6-22(7-9-23)15-3-1-2-13(10-15)12-21/h1-5,10-11H,6-9H2. The maximum Gasteiger partial charge on any atom is 0.254 e. The highest BCUT2D eigenvalue weighted by atomic mass is 35.5. The monoisotopic (exact) mass is 359 g/mol. The number of nitrogens with zero attached hydrogens (tertiary/aromatic N) is 3. The Bertz CT molecular complexity index is 808. The van der Waals surface area contributed by atoms with Crippen LogP contribution in [0.2, 0.25) is 10.0 Å². The van der Waals surface area contributed by atoms with Crippen LogP contribution in [0.5, 0.6) is 0 Å². The largest absolute Gasteiger partial charge is 0.368 e. The van der Waals surface area contributed by atoms with Crippen LogP contribution in [0.25, 0.3) is 0 Å². The maximum atomic E-state index is 12.6. The van der Waals surface area contributed by atoms with Crippen LogP contribution in [0.4, 0.5) is 5.69 Å². The first kappa shape index (κ1) is 16.6. The molecule has 4 nitrogen and oxygen atoms in total. The van der Waals surface area contributed by atoms with Crippen LogP contribution in [-0.4, -0.2) is 37.0 Å². The van der Waals surface area contributed by atoms with Crippen LogP contribution >= 0.6 is 23.2 Å². The van der Waals surface area contributed by atoms with E-state index in [4.69, 9.17) is 28.5 Å². The Morgan fingerprint density at radius 1 is 1.00 bits per heavy atom. The van der Waals surface area contributed by atoms with E-state index in [-0.39, 0.29) is 5.91 Å². The number of amides is 1. The highest BCUT2D eigenvalue weighted by molar-refractivity contribution is 6.42. The van der Waals surface area contributed by atoms with Crippen LogP contribution in [0.15, 0.2) is 42.5 Å². The second kappa shape index (κ2) is 7.12. The molecule has 2 aromatic rings. The van der Waals surface area contributed by atoms with Gasteiger partial charge in [-0.1, -0.05) is 29.3 Å². The molecule has 6 heteroatoms. The molecule has 0 radical (unpaired) electrons. The summed E-state index contributed by atoms with van der Waals surface area (Å²) in [6.45, 7) is 2.69. The Hall–Kier alpha value is -2.22. The van der Waals surface area contributed by atoms with E-state index >= 15 is 0 Å². The summed E-state index contributed by atoms with van der Waals surface area (Å²) in [5.41, 5.74) is 2.20. The molecular weight excluding hydrogens is 345 g/mol. The minimum Gasteiger partial charge on any atom is -0.368 e. The van der Waals surface area contributed by atoms with Gasteiger partial charge in [0.15, 0.2) is 0 Å². The summed E-state index contributed by atoms with van der Waals surface area (Å²) in [5, 5.41) is 9.83. The lowest BCUT2D eigenvalue weighted by atomic mass is 10.1. The van der Waals surface area contributed by atoms with E-state index in [1.54, 1.807) is 24.3 Å². The zero-order valence-corrected chi connectivity index (χ0v) is 14.4. The molecule has 0 atom stereocenters. The van der Waals surface area contributed by atoms with Crippen molar-refractivity contribution in [1.82, 2.24) is 4.90 Å². The van der Waals surface area contributed by atoms with Gasteiger partial charge in [0.1, 0.15) is 0 Å². The second-order valence-corrected chi connectivity index (χ2v) is 6.38. The molecule has 1 amide bonds. The van der Waals surface area contributed by atoms with Crippen molar-refractivity contribution >= 4 is 34.8 Å². The number of hydrogen-bond donors (Lipinski definition) is 0. The third kappa shape index (κ3) is 3.48. The first-order chi connectivity index (χ1) is 11.6. The van der Waals surface area contributed by atoms with Crippen LogP contribution in [0.1, 0.15) is 15.9 Å². The fourth-order valence-corrected chi connectivity index (χ4v) is 3.05. The van der Waals surface area contributed by atoms with Crippen molar-refractivity contribution in [1.29, 1.82) is 5.26 Å². The molecule has 0 aliphatic carbocycles. The number of nitriles is 1. The Labute approximate surface area is 150 Å². The van der Waals surface area contributed by atoms with E-state index in [9.17, 15) is 4.79 Å². The molecular formula is C18H15Cl2N3O. The van der Waals surface area contributed by atoms with Gasteiger partial charge in [0.25, 0.3) is 5.91 Å². The van der Waals surface area contributed by atoms with Crippen molar-refractivity contribution < 1.29 is 4.79 Å². The lowest BCUT2D eigenvalue weighted by Gasteiger charge is -2.36. The second-order valence-electron chi connectivity index (χ2n) is 5.57. The molecule has 0 spiro atoms. The van der Waals surface area contributed by atoms with Gasteiger partial charge in [-0.3, -0.25) is 4.79 Å². The van der Waals surface area contributed by atoms with Gasteiger partial charge in [-0.05, 0) is 36.4 Å². The summed E-state index contributed by atoms with van der Waals surface area (Å²) >= 11 is 11.9. The topological polar surface area (TPSA) is 47.3 Å². The van der Waals surface area contributed by atoms with Crippen LogP contribution in [-0.2, 0) is 0 Å². The molecule has 1 aliphatic rings. The molecule has 0 aromatic heterocycles. The van der Waals surface area contributed by atoms with Crippen molar-refractivity contribution in [3.05, 3.63) is 63.6 Å². The molecule has 0 saturated carbocycles. The molecule has 0 unspecified atom stereocenters. The van der Waals surface area contributed by atoms with Gasteiger partial charge in [0.2, 0.25) is 0 Å². The predicted molar refractivity (Wildman–Crippen MR) is 95.7 cm³/mol. The third-order valence-electron chi connectivity index (χ3n) is 4.07. The van der Waals surface area contributed by atoms with Gasteiger partial charge in [0, 0.05) is 37.4 Å². The fraction of sp³-hybridized carbons (Fsp3) is 0.222. The van der Waals surface area contributed by atoms with Crippen molar-refractivity contribution in [3.8, 4) is 6.07 Å². The normalized spacial score (nSPS) is 14.4. The number of benzene rings is 2. The zero-order valence-electron chi connectivity index (χ0n) is 12.9. The van der Waals surface area contributed by atoms with Gasteiger partial charge in [-0.2, -0.15) is 5.26 Å². The van der Waals surface area contributed by atoms with E-state index in [1.807, 2.05) is 23.1 Å². The molecule has 0 N–H and O–H groups in total. The minimum absolute atomic E-state index is 0.0426. The quantitative estimate of drug-likeness (QED) is 0.818. The van der Waals surface area contributed by atoms with Crippen molar-refractivity contribution in [2.24, 2.45) is 0 Å².